The molecule has 0 spiro atoms. The molecule has 3 nitrogen and oxygen atoms in total. The first-order valence-corrected chi connectivity index (χ1v) is 8.08. The molecule has 2 N–H and O–H groups in total. The summed E-state index contributed by atoms with van der Waals surface area (Å²) < 4.78 is 38.6. The third-order valence-corrected chi connectivity index (χ3v) is 5.66. The molecule has 4 atom stereocenters. The van der Waals surface area contributed by atoms with Gasteiger partial charge in [0.05, 0.1) is 5.56 Å². The van der Waals surface area contributed by atoms with E-state index in [2.05, 4.69) is 0 Å². The zero-order valence-electron chi connectivity index (χ0n) is 12.6. The number of amides is 1. The Morgan fingerprint density at radius 2 is 1.96 bits per heavy atom. The molecule has 0 bridgehead atoms. The van der Waals surface area contributed by atoms with Gasteiger partial charge in [-0.1, -0.05) is 6.07 Å². The van der Waals surface area contributed by atoms with Gasteiger partial charge in [0.25, 0.3) is 0 Å². The lowest BCUT2D eigenvalue weighted by atomic mass is 9.94. The van der Waals surface area contributed by atoms with Gasteiger partial charge in [-0.3, -0.25) is 4.79 Å². The Labute approximate surface area is 132 Å². The lowest BCUT2D eigenvalue weighted by molar-refractivity contribution is -0.137. The maximum Gasteiger partial charge on any atom is 0.416 e. The molecule has 1 aromatic carbocycles. The number of carbonyl (C=O) groups is 1. The van der Waals surface area contributed by atoms with E-state index in [0.29, 0.717) is 30.4 Å². The topological polar surface area (TPSA) is 46.3 Å². The molecule has 2 saturated carbocycles. The van der Waals surface area contributed by atoms with Crippen LogP contribution in [0.15, 0.2) is 18.2 Å². The van der Waals surface area contributed by atoms with Gasteiger partial charge in [-0.2, -0.15) is 13.2 Å². The fourth-order valence-corrected chi connectivity index (χ4v) is 4.27. The van der Waals surface area contributed by atoms with E-state index in [0.717, 1.165) is 24.5 Å². The normalized spacial score (nSPS) is 32.4. The third kappa shape index (κ3) is 2.53. The SMILES string of the molecule is N[C@@H]1C[C@H](C(=O)N2CCc3ccc(C(F)(F)F)cc3C2)[C@H]2C[C@H]21. The molecule has 1 amide bonds. The maximum atomic E-state index is 12.9. The minimum atomic E-state index is -4.35. The minimum Gasteiger partial charge on any atom is -0.338 e. The number of nitrogens with two attached hydrogens (primary N) is 1. The number of halogens is 3. The summed E-state index contributed by atoms with van der Waals surface area (Å²) in [6.45, 7) is 0.863. The Hall–Kier alpha value is -1.56. The fraction of sp³-hybridized carbons (Fsp3) is 0.588. The Balaban J connectivity index is 1.53. The molecule has 2 fully saturated rings. The summed E-state index contributed by atoms with van der Waals surface area (Å²) in [5, 5.41) is 0. The first-order chi connectivity index (χ1) is 10.8. The highest BCUT2D eigenvalue weighted by Gasteiger charge is 2.56. The zero-order valence-corrected chi connectivity index (χ0v) is 12.6. The van der Waals surface area contributed by atoms with Crippen LogP contribution < -0.4 is 5.73 Å². The van der Waals surface area contributed by atoms with Crippen LogP contribution in [0.3, 0.4) is 0 Å². The van der Waals surface area contributed by atoms with Gasteiger partial charge in [0.2, 0.25) is 5.91 Å². The highest BCUT2D eigenvalue weighted by Crippen LogP contribution is 2.55. The second-order valence-corrected chi connectivity index (χ2v) is 7.06. The number of fused-ring (bicyclic) bond motifs is 2. The smallest absolute Gasteiger partial charge is 0.338 e. The Bertz CT molecular complexity index is 658. The van der Waals surface area contributed by atoms with Crippen molar-refractivity contribution in [3.8, 4) is 0 Å². The Kier molecular flexibility index (Phi) is 3.24. The predicted octanol–water partition coefficient (Wildman–Crippen LogP) is 2.57. The van der Waals surface area contributed by atoms with Crippen LogP contribution in [0.2, 0.25) is 0 Å². The van der Waals surface area contributed by atoms with E-state index in [4.69, 9.17) is 5.73 Å². The minimum absolute atomic E-state index is 0.0256. The van der Waals surface area contributed by atoms with Crippen LogP contribution in [0.25, 0.3) is 0 Å². The number of hydrogen-bond acceptors (Lipinski definition) is 2. The lowest BCUT2D eigenvalue weighted by Crippen LogP contribution is -2.40. The van der Waals surface area contributed by atoms with Crippen LogP contribution in [-0.2, 0) is 23.9 Å². The second-order valence-electron chi connectivity index (χ2n) is 7.06. The molecular formula is C17H19F3N2O. The molecule has 3 aliphatic rings. The van der Waals surface area contributed by atoms with E-state index in [1.807, 2.05) is 0 Å². The number of hydrogen-bond donors (Lipinski definition) is 1. The monoisotopic (exact) mass is 324 g/mol. The van der Waals surface area contributed by atoms with Crippen LogP contribution in [0.1, 0.15) is 29.5 Å². The van der Waals surface area contributed by atoms with Gasteiger partial charge in [0.1, 0.15) is 0 Å². The number of rotatable bonds is 1. The van der Waals surface area contributed by atoms with Crippen molar-refractivity contribution < 1.29 is 18.0 Å². The van der Waals surface area contributed by atoms with Crippen molar-refractivity contribution in [3.05, 3.63) is 34.9 Å². The average molecular weight is 324 g/mol. The molecule has 0 radical (unpaired) electrons. The van der Waals surface area contributed by atoms with Crippen LogP contribution in [-0.4, -0.2) is 23.4 Å². The van der Waals surface area contributed by atoms with Gasteiger partial charge in [-0.15, -0.1) is 0 Å². The molecule has 0 unspecified atom stereocenters. The summed E-state index contributed by atoms with van der Waals surface area (Å²) in [6, 6.07) is 3.97. The summed E-state index contributed by atoms with van der Waals surface area (Å²) in [6.07, 6.45) is -1.98. The van der Waals surface area contributed by atoms with Crippen LogP contribution >= 0.6 is 0 Å². The number of alkyl halides is 3. The average Bonchev–Trinajstić information content (AvgIpc) is 3.24. The van der Waals surface area contributed by atoms with Crippen molar-refractivity contribution in [2.45, 2.75) is 38.0 Å². The quantitative estimate of drug-likeness (QED) is 0.863. The van der Waals surface area contributed by atoms with E-state index in [-0.39, 0.29) is 24.4 Å². The summed E-state index contributed by atoms with van der Waals surface area (Å²) >= 11 is 0. The molecule has 2 aliphatic carbocycles. The van der Waals surface area contributed by atoms with Gasteiger partial charge >= 0.3 is 6.18 Å². The van der Waals surface area contributed by atoms with Crippen molar-refractivity contribution in [1.29, 1.82) is 0 Å². The molecule has 23 heavy (non-hydrogen) atoms. The van der Waals surface area contributed by atoms with Gasteiger partial charge in [0, 0.05) is 25.0 Å². The largest absolute Gasteiger partial charge is 0.416 e. The summed E-state index contributed by atoms with van der Waals surface area (Å²) in [7, 11) is 0. The van der Waals surface area contributed by atoms with Gasteiger partial charge in [-0.05, 0) is 54.4 Å². The van der Waals surface area contributed by atoms with Crippen LogP contribution in [0.5, 0.6) is 0 Å². The number of carbonyl (C=O) groups excluding carboxylic acids is 1. The van der Waals surface area contributed by atoms with Crippen molar-refractivity contribution in [2.75, 3.05) is 6.54 Å². The molecule has 124 valence electrons. The molecule has 0 aromatic heterocycles. The summed E-state index contributed by atoms with van der Waals surface area (Å²) in [5.41, 5.74) is 6.91. The van der Waals surface area contributed by atoms with E-state index in [9.17, 15) is 18.0 Å². The van der Waals surface area contributed by atoms with E-state index in [1.54, 1.807) is 11.0 Å². The van der Waals surface area contributed by atoms with Crippen molar-refractivity contribution in [2.24, 2.45) is 23.5 Å². The van der Waals surface area contributed by atoms with E-state index < -0.39 is 11.7 Å². The highest BCUT2D eigenvalue weighted by atomic mass is 19.4. The first kappa shape index (κ1) is 15.0. The number of nitrogens with zero attached hydrogens (tertiary/aromatic N) is 1. The fourth-order valence-electron chi connectivity index (χ4n) is 4.27. The van der Waals surface area contributed by atoms with Gasteiger partial charge < -0.3 is 10.6 Å². The Morgan fingerprint density at radius 1 is 1.17 bits per heavy atom. The molecule has 1 aromatic rings. The highest BCUT2D eigenvalue weighted by molar-refractivity contribution is 5.80. The van der Waals surface area contributed by atoms with Gasteiger partial charge in [-0.25, -0.2) is 0 Å². The van der Waals surface area contributed by atoms with Crippen molar-refractivity contribution in [1.82, 2.24) is 4.90 Å². The molecule has 1 heterocycles. The summed E-state index contributed by atoms with van der Waals surface area (Å²) in [4.78, 5) is 14.4. The first-order valence-electron chi connectivity index (χ1n) is 8.08. The lowest BCUT2D eigenvalue weighted by Gasteiger charge is -2.32. The standard InChI is InChI=1S/C17H19F3N2O/c18-17(19,20)11-2-1-9-3-4-22(8-10(9)5-11)16(23)14-7-15(21)13-6-12(13)14/h1-2,5,12-15H,3-4,6-8,21H2/t12-,13+,14-,15+/m0/s1. The summed E-state index contributed by atoms with van der Waals surface area (Å²) in [5.74, 6) is 0.939. The van der Waals surface area contributed by atoms with E-state index in [1.165, 1.54) is 6.07 Å². The van der Waals surface area contributed by atoms with Crippen molar-refractivity contribution >= 4 is 5.91 Å². The molecule has 1 aliphatic heterocycles. The molecule has 4 rings (SSSR count). The maximum absolute atomic E-state index is 12.9. The second kappa shape index (κ2) is 4.97. The predicted molar refractivity (Wildman–Crippen MR) is 78.2 cm³/mol. The van der Waals surface area contributed by atoms with E-state index >= 15 is 0 Å². The molecule has 6 heteroatoms. The molecular weight excluding hydrogens is 305 g/mol. The zero-order chi connectivity index (χ0) is 16.4. The van der Waals surface area contributed by atoms with Crippen molar-refractivity contribution in [3.63, 3.8) is 0 Å². The number of benzene rings is 1. The van der Waals surface area contributed by atoms with Crippen LogP contribution in [0.4, 0.5) is 13.2 Å². The van der Waals surface area contributed by atoms with Crippen LogP contribution in [0, 0.1) is 17.8 Å². The Morgan fingerprint density at radius 3 is 2.57 bits per heavy atom. The molecule has 0 saturated heterocycles. The third-order valence-electron chi connectivity index (χ3n) is 5.66. The van der Waals surface area contributed by atoms with Gasteiger partial charge in [0.15, 0.2) is 0 Å².